The minimum atomic E-state index is -2.38. The molecule has 0 heterocycles. The second-order valence-electron chi connectivity index (χ2n) is 2.62. The van der Waals surface area contributed by atoms with E-state index >= 15 is 0 Å². The van der Waals surface area contributed by atoms with Crippen LogP contribution in [0.5, 0.6) is 0 Å². The van der Waals surface area contributed by atoms with Crippen LogP contribution in [0.3, 0.4) is 0 Å². The molecule has 1 rings (SSSR count). The van der Waals surface area contributed by atoms with Crippen molar-refractivity contribution >= 4 is 63.3 Å². The quantitative estimate of drug-likeness (QED) is 0.366. The van der Waals surface area contributed by atoms with Gasteiger partial charge < -0.3 is 10.2 Å². The van der Waals surface area contributed by atoms with Crippen LogP contribution < -0.4 is 0 Å². The fourth-order valence-corrected chi connectivity index (χ4v) is 1.03. The molecule has 0 aliphatic heterocycles. The number of carbonyl (C=O) groups is 2. The molecule has 0 aliphatic carbocycles. The summed E-state index contributed by atoms with van der Waals surface area (Å²) in [5, 5.41) is 16.8. The Morgan fingerprint density at radius 2 is 0.941 bits per heavy atom. The summed E-state index contributed by atoms with van der Waals surface area (Å²) in [6.07, 6.45) is 0. The van der Waals surface area contributed by atoms with Crippen LogP contribution in [0.15, 0.2) is 0 Å². The van der Waals surface area contributed by atoms with Gasteiger partial charge in [-0.3, -0.25) is 0 Å². The van der Waals surface area contributed by atoms with Gasteiger partial charge in [-0.1, -0.05) is 0 Å². The summed E-state index contributed by atoms with van der Waals surface area (Å²) in [7, 11) is 0. The van der Waals surface area contributed by atoms with E-state index in [2.05, 4.69) is 0 Å². The monoisotopic (exact) mass is 278 g/mol. The zero-order valence-electron chi connectivity index (χ0n) is 7.22. The summed E-state index contributed by atoms with van der Waals surface area (Å²) in [5.41, 5.74) is -3.52. The van der Waals surface area contributed by atoms with Gasteiger partial charge >= 0.3 is 63.3 Å². The van der Waals surface area contributed by atoms with Crippen molar-refractivity contribution in [2.75, 3.05) is 0 Å². The van der Waals surface area contributed by atoms with Gasteiger partial charge in [0.15, 0.2) is 23.3 Å². The third kappa shape index (κ3) is 2.85. The molecule has 0 atom stereocenters. The SMILES string of the molecule is O=C(O)c1c(F)c(F)c(F)c(F)c1C(=O)O.[KH]. The van der Waals surface area contributed by atoms with Crippen molar-refractivity contribution in [3.8, 4) is 0 Å². The molecule has 0 amide bonds. The van der Waals surface area contributed by atoms with E-state index in [4.69, 9.17) is 10.2 Å². The van der Waals surface area contributed by atoms with E-state index in [1.165, 1.54) is 0 Å². The van der Waals surface area contributed by atoms with Crippen molar-refractivity contribution in [1.82, 2.24) is 0 Å². The second kappa shape index (κ2) is 5.91. The molecule has 0 radical (unpaired) electrons. The molecule has 0 aromatic heterocycles. The Kier molecular flexibility index (Phi) is 5.74. The Hall–Kier alpha value is -0.484. The van der Waals surface area contributed by atoms with E-state index in [9.17, 15) is 27.2 Å². The van der Waals surface area contributed by atoms with Gasteiger partial charge in [0.05, 0.1) is 0 Å². The topological polar surface area (TPSA) is 74.6 Å². The molecule has 0 fully saturated rings. The molecular formula is C8H3F4KO4. The van der Waals surface area contributed by atoms with Crippen molar-refractivity contribution in [2.45, 2.75) is 0 Å². The number of rotatable bonds is 2. The third-order valence-corrected chi connectivity index (χ3v) is 1.69. The Morgan fingerprint density at radius 3 is 1.12 bits per heavy atom. The first-order valence-corrected chi connectivity index (χ1v) is 3.61. The third-order valence-electron chi connectivity index (χ3n) is 1.69. The van der Waals surface area contributed by atoms with E-state index < -0.39 is 46.3 Å². The van der Waals surface area contributed by atoms with Crippen LogP contribution in [-0.2, 0) is 0 Å². The van der Waals surface area contributed by atoms with Crippen LogP contribution in [0.2, 0.25) is 0 Å². The predicted molar refractivity (Wildman–Crippen MR) is 47.3 cm³/mol. The molecular weight excluding hydrogens is 275 g/mol. The maximum absolute atomic E-state index is 12.9. The number of benzene rings is 1. The number of halogens is 4. The zero-order valence-corrected chi connectivity index (χ0v) is 7.22. The van der Waals surface area contributed by atoms with Gasteiger partial charge in [-0.15, -0.1) is 0 Å². The first kappa shape index (κ1) is 16.5. The standard InChI is InChI=1S/C8H2F4O4.K.H/c9-3-1(7(13)14)2(8(15)16)4(10)6(12)5(3)11;;/h(H,13,14)(H,15,16);;. The fraction of sp³-hybridized carbons (Fsp3) is 0. The van der Waals surface area contributed by atoms with Crippen LogP contribution in [0.4, 0.5) is 17.6 Å². The molecule has 0 saturated carbocycles. The Morgan fingerprint density at radius 1 is 0.706 bits per heavy atom. The number of hydrogen-bond acceptors (Lipinski definition) is 2. The Labute approximate surface area is 134 Å². The summed E-state index contributed by atoms with van der Waals surface area (Å²) in [6.45, 7) is 0. The summed E-state index contributed by atoms with van der Waals surface area (Å²) in [4.78, 5) is 20.8. The van der Waals surface area contributed by atoms with Gasteiger partial charge in [0.1, 0.15) is 11.1 Å². The number of aromatic carboxylic acids is 2. The molecule has 0 saturated heterocycles. The van der Waals surface area contributed by atoms with Crippen LogP contribution in [0.25, 0.3) is 0 Å². The normalized spacial score (nSPS) is 9.65. The van der Waals surface area contributed by atoms with E-state index in [-0.39, 0.29) is 51.4 Å². The molecule has 9 heteroatoms. The molecule has 88 valence electrons. The van der Waals surface area contributed by atoms with Gasteiger partial charge in [-0.25, -0.2) is 27.2 Å². The van der Waals surface area contributed by atoms with Crippen molar-refractivity contribution in [2.24, 2.45) is 0 Å². The Balaban J connectivity index is 0.00000256. The van der Waals surface area contributed by atoms with E-state index in [1.54, 1.807) is 0 Å². The molecule has 0 spiro atoms. The average molecular weight is 278 g/mol. The zero-order chi connectivity index (χ0) is 12.6. The summed E-state index contributed by atoms with van der Waals surface area (Å²) >= 11 is 0. The molecule has 2 N–H and O–H groups in total. The molecule has 0 aliphatic rings. The molecule has 0 bridgehead atoms. The van der Waals surface area contributed by atoms with Crippen LogP contribution in [0.1, 0.15) is 20.7 Å². The summed E-state index contributed by atoms with van der Waals surface area (Å²) in [5.74, 6) is -13.7. The van der Waals surface area contributed by atoms with Gasteiger partial charge in [0.2, 0.25) is 0 Å². The first-order chi connectivity index (χ1) is 7.29. The van der Waals surface area contributed by atoms with E-state index in [1.807, 2.05) is 0 Å². The second-order valence-corrected chi connectivity index (χ2v) is 2.62. The first-order valence-electron chi connectivity index (χ1n) is 3.61. The predicted octanol–water partition coefficient (Wildman–Crippen LogP) is 0.991. The summed E-state index contributed by atoms with van der Waals surface area (Å²) in [6, 6.07) is 0. The van der Waals surface area contributed by atoms with Gasteiger partial charge in [-0.05, 0) is 0 Å². The van der Waals surface area contributed by atoms with E-state index in [0.29, 0.717) is 0 Å². The van der Waals surface area contributed by atoms with Gasteiger partial charge in [0.25, 0.3) is 0 Å². The molecule has 17 heavy (non-hydrogen) atoms. The van der Waals surface area contributed by atoms with Gasteiger partial charge in [-0.2, -0.15) is 0 Å². The number of carboxylic acids is 2. The van der Waals surface area contributed by atoms with Crippen molar-refractivity contribution < 1.29 is 37.4 Å². The maximum atomic E-state index is 12.9. The van der Waals surface area contributed by atoms with Crippen molar-refractivity contribution in [3.63, 3.8) is 0 Å². The molecule has 4 nitrogen and oxygen atoms in total. The van der Waals surface area contributed by atoms with Crippen LogP contribution in [-0.4, -0.2) is 73.5 Å². The number of hydrogen-bond donors (Lipinski definition) is 2. The minimum absolute atomic E-state index is 0. The van der Waals surface area contributed by atoms with Gasteiger partial charge in [0, 0.05) is 0 Å². The van der Waals surface area contributed by atoms with Crippen LogP contribution in [0, 0.1) is 23.3 Å². The van der Waals surface area contributed by atoms with Crippen molar-refractivity contribution in [3.05, 3.63) is 34.4 Å². The molecule has 1 aromatic carbocycles. The molecule has 0 unspecified atom stereocenters. The van der Waals surface area contributed by atoms with Crippen molar-refractivity contribution in [1.29, 1.82) is 0 Å². The van der Waals surface area contributed by atoms with E-state index in [0.717, 1.165) is 0 Å². The summed E-state index contributed by atoms with van der Waals surface area (Å²) < 4.78 is 51.0. The molecule has 1 aromatic rings. The average Bonchev–Trinajstić information content (AvgIpc) is 2.18. The Bertz CT molecular complexity index is 458. The number of carboxylic acid groups (broad SMARTS) is 2. The fourth-order valence-electron chi connectivity index (χ4n) is 1.03. The van der Waals surface area contributed by atoms with Crippen LogP contribution >= 0.6 is 0 Å².